The molecule has 1 aliphatic rings. The molecule has 0 radical (unpaired) electrons. The highest BCUT2D eigenvalue weighted by Gasteiger charge is 2.32. The molecule has 3 aromatic rings. The number of carbonyl (C=O) groups excluding carboxylic acids is 1. The molecular formula is C21H22N4O2. The first-order chi connectivity index (χ1) is 13.3. The van der Waals surface area contributed by atoms with E-state index in [0.29, 0.717) is 12.1 Å². The highest BCUT2D eigenvalue weighted by molar-refractivity contribution is 5.92. The van der Waals surface area contributed by atoms with Gasteiger partial charge >= 0.3 is 0 Å². The molecule has 27 heavy (non-hydrogen) atoms. The van der Waals surface area contributed by atoms with Crippen molar-refractivity contribution in [3.8, 4) is 5.75 Å². The molecule has 1 atom stereocenters. The molecule has 6 heteroatoms. The number of rotatable bonds is 5. The summed E-state index contributed by atoms with van der Waals surface area (Å²) in [6.07, 6.45) is 4.19. The van der Waals surface area contributed by atoms with Gasteiger partial charge in [-0.15, -0.1) is 0 Å². The minimum absolute atomic E-state index is 0.00146. The number of amides is 1. The molecule has 1 amide bonds. The number of ether oxygens (including phenoxy) is 1. The van der Waals surface area contributed by atoms with Gasteiger partial charge in [0.2, 0.25) is 0 Å². The molecule has 1 unspecified atom stereocenters. The first-order valence-corrected chi connectivity index (χ1v) is 9.14. The van der Waals surface area contributed by atoms with Crippen molar-refractivity contribution >= 4 is 5.91 Å². The SMILES string of the molecule is COc1ccccc1Cc1cccc(C2CCCN2C(=O)c2ccn[nH]2)n1. The van der Waals surface area contributed by atoms with E-state index in [4.69, 9.17) is 9.72 Å². The predicted molar refractivity (Wildman–Crippen MR) is 102 cm³/mol. The molecule has 0 bridgehead atoms. The summed E-state index contributed by atoms with van der Waals surface area (Å²) in [6.45, 7) is 0.737. The van der Waals surface area contributed by atoms with E-state index in [1.54, 1.807) is 19.4 Å². The fourth-order valence-electron chi connectivity index (χ4n) is 3.67. The van der Waals surface area contributed by atoms with E-state index in [1.165, 1.54) is 0 Å². The van der Waals surface area contributed by atoms with Crippen molar-refractivity contribution in [2.75, 3.05) is 13.7 Å². The fraction of sp³-hybridized carbons (Fsp3) is 0.286. The number of nitrogens with one attached hydrogen (secondary N) is 1. The monoisotopic (exact) mass is 362 g/mol. The lowest BCUT2D eigenvalue weighted by molar-refractivity contribution is 0.0726. The Balaban J connectivity index is 1.57. The summed E-state index contributed by atoms with van der Waals surface area (Å²) in [5.41, 5.74) is 3.53. The summed E-state index contributed by atoms with van der Waals surface area (Å²) in [6, 6.07) is 15.7. The third-order valence-corrected chi connectivity index (χ3v) is 4.98. The topological polar surface area (TPSA) is 71.1 Å². The maximum absolute atomic E-state index is 12.8. The van der Waals surface area contributed by atoms with Gasteiger partial charge in [-0.3, -0.25) is 14.9 Å². The number of hydrogen-bond donors (Lipinski definition) is 1. The molecule has 0 spiro atoms. The molecule has 1 saturated heterocycles. The number of methoxy groups -OCH3 is 1. The van der Waals surface area contributed by atoms with Crippen LogP contribution in [-0.4, -0.2) is 39.6 Å². The molecule has 1 fully saturated rings. The van der Waals surface area contributed by atoms with E-state index < -0.39 is 0 Å². The van der Waals surface area contributed by atoms with Crippen molar-refractivity contribution in [2.45, 2.75) is 25.3 Å². The minimum Gasteiger partial charge on any atom is -0.496 e. The second kappa shape index (κ2) is 7.61. The van der Waals surface area contributed by atoms with Crippen LogP contribution in [0.3, 0.4) is 0 Å². The Kier molecular flexibility index (Phi) is 4.87. The number of hydrogen-bond acceptors (Lipinski definition) is 4. The number of carbonyl (C=O) groups is 1. The molecule has 1 aliphatic heterocycles. The van der Waals surface area contributed by atoms with Crippen molar-refractivity contribution < 1.29 is 9.53 Å². The van der Waals surface area contributed by atoms with Crippen LogP contribution in [0.5, 0.6) is 5.75 Å². The summed E-state index contributed by atoms with van der Waals surface area (Å²) in [5.74, 6) is 0.841. The Morgan fingerprint density at radius 3 is 2.93 bits per heavy atom. The maximum atomic E-state index is 12.8. The molecule has 3 heterocycles. The first kappa shape index (κ1) is 17.3. The van der Waals surface area contributed by atoms with E-state index in [0.717, 1.165) is 42.1 Å². The van der Waals surface area contributed by atoms with Gasteiger partial charge in [0.1, 0.15) is 11.4 Å². The quantitative estimate of drug-likeness (QED) is 0.755. The van der Waals surface area contributed by atoms with Gasteiger partial charge in [0.15, 0.2) is 0 Å². The molecule has 1 N–H and O–H groups in total. The van der Waals surface area contributed by atoms with Crippen molar-refractivity contribution in [3.63, 3.8) is 0 Å². The molecule has 6 nitrogen and oxygen atoms in total. The Morgan fingerprint density at radius 2 is 2.11 bits per heavy atom. The number of likely N-dealkylation sites (tertiary alicyclic amines) is 1. The van der Waals surface area contributed by atoms with Crippen LogP contribution in [0.2, 0.25) is 0 Å². The standard InChI is InChI=1S/C21H22N4O2/c1-27-20-10-3-2-6-15(20)14-16-7-4-8-17(23-16)19-9-5-13-25(19)21(26)18-11-12-22-24-18/h2-4,6-8,10-12,19H,5,9,13-14H2,1H3,(H,22,24). The van der Waals surface area contributed by atoms with Gasteiger partial charge in [-0.2, -0.15) is 5.10 Å². The summed E-state index contributed by atoms with van der Waals surface area (Å²) in [7, 11) is 1.68. The summed E-state index contributed by atoms with van der Waals surface area (Å²) >= 11 is 0. The maximum Gasteiger partial charge on any atom is 0.272 e. The van der Waals surface area contributed by atoms with Crippen LogP contribution in [0.15, 0.2) is 54.7 Å². The number of aromatic amines is 1. The van der Waals surface area contributed by atoms with Crippen LogP contribution in [0.1, 0.15) is 46.3 Å². The van der Waals surface area contributed by atoms with Crippen LogP contribution in [0, 0.1) is 0 Å². The number of H-pyrrole nitrogens is 1. The molecule has 4 rings (SSSR count). The molecule has 0 aliphatic carbocycles. The average molecular weight is 362 g/mol. The Hall–Kier alpha value is -3.15. The number of pyridine rings is 1. The number of para-hydroxylation sites is 1. The predicted octanol–water partition coefficient (Wildman–Crippen LogP) is 3.38. The zero-order chi connectivity index (χ0) is 18.6. The van der Waals surface area contributed by atoms with Gasteiger partial charge < -0.3 is 9.64 Å². The lowest BCUT2D eigenvalue weighted by atomic mass is 10.1. The van der Waals surface area contributed by atoms with Crippen LogP contribution in [0.4, 0.5) is 0 Å². The van der Waals surface area contributed by atoms with Gasteiger partial charge in [-0.1, -0.05) is 24.3 Å². The second-order valence-corrected chi connectivity index (χ2v) is 6.67. The van der Waals surface area contributed by atoms with Crippen LogP contribution >= 0.6 is 0 Å². The van der Waals surface area contributed by atoms with Crippen molar-refractivity contribution in [1.82, 2.24) is 20.1 Å². The molecule has 1 aromatic carbocycles. The fourth-order valence-corrected chi connectivity index (χ4v) is 3.67. The normalized spacial score (nSPS) is 16.5. The zero-order valence-electron chi connectivity index (χ0n) is 15.3. The minimum atomic E-state index is -0.0214. The smallest absolute Gasteiger partial charge is 0.272 e. The molecular weight excluding hydrogens is 340 g/mol. The summed E-state index contributed by atoms with van der Waals surface area (Å²) in [5, 5.41) is 6.66. The summed E-state index contributed by atoms with van der Waals surface area (Å²) in [4.78, 5) is 19.5. The Morgan fingerprint density at radius 1 is 1.22 bits per heavy atom. The molecule has 2 aromatic heterocycles. The van der Waals surface area contributed by atoms with Gasteiger partial charge in [-0.25, -0.2) is 0 Å². The number of benzene rings is 1. The van der Waals surface area contributed by atoms with Gasteiger partial charge in [0, 0.05) is 30.4 Å². The third kappa shape index (κ3) is 3.56. The average Bonchev–Trinajstić information content (AvgIpc) is 3.40. The summed E-state index contributed by atoms with van der Waals surface area (Å²) < 4.78 is 5.45. The van der Waals surface area contributed by atoms with Crippen LogP contribution in [0.25, 0.3) is 0 Å². The van der Waals surface area contributed by atoms with Crippen molar-refractivity contribution in [1.29, 1.82) is 0 Å². The van der Waals surface area contributed by atoms with Crippen molar-refractivity contribution in [2.24, 2.45) is 0 Å². The highest BCUT2D eigenvalue weighted by Crippen LogP contribution is 2.32. The zero-order valence-corrected chi connectivity index (χ0v) is 15.3. The lowest BCUT2D eigenvalue weighted by Crippen LogP contribution is -2.31. The Bertz CT molecular complexity index is 923. The van der Waals surface area contributed by atoms with E-state index in [9.17, 15) is 4.79 Å². The third-order valence-electron chi connectivity index (χ3n) is 4.98. The van der Waals surface area contributed by atoms with Crippen LogP contribution in [-0.2, 0) is 6.42 Å². The molecule has 0 saturated carbocycles. The second-order valence-electron chi connectivity index (χ2n) is 6.67. The van der Waals surface area contributed by atoms with E-state index in [-0.39, 0.29) is 11.9 Å². The van der Waals surface area contributed by atoms with Gasteiger partial charge in [0.25, 0.3) is 5.91 Å². The first-order valence-electron chi connectivity index (χ1n) is 9.14. The van der Waals surface area contributed by atoms with Crippen LogP contribution < -0.4 is 4.74 Å². The van der Waals surface area contributed by atoms with Gasteiger partial charge in [0.05, 0.1) is 18.8 Å². The van der Waals surface area contributed by atoms with Gasteiger partial charge in [-0.05, 0) is 37.1 Å². The number of nitrogens with zero attached hydrogens (tertiary/aromatic N) is 3. The van der Waals surface area contributed by atoms with E-state index >= 15 is 0 Å². The van der Waals surface area contributed by atoms with E-state index in [1.807, 2.05) is 41.3 Å². The Labute approximate surface area is 158 Å². The van der Waals surface area contributed by atoms with E-state index in [2.05, 4.69) is 16.3 Å². The van der Waals surface area contributed by atoms with Crippen molar-refractivity contribution in [3.05, 3.63) is 77.4 Å². The molecule has 138 valence electrons. The lowest BCUT2D eigenvalue weighted by Gasteiger charge is -2.24. The number of aromatic nitrogens is 3. The highest BCUT2D eigenvalue weighted by atomic mass is 16.5. The largest absolute Gasteiger partial charge is 0.496 e.